The Bertz CT molecular complexity index is 664. The first kappa shape index (κ1) is 19.9. The summed E-state index contributed by atoms with van der Waals surface area (Å²) in [5.41, 5.74) is 3.65. The molecule has 0 spiro atoms. The Morgan fingerprint density at radius 2 is 1.92 bits per heavy atom. The van der Waals surface area contributed by atoms with Crippen LogP contribution in [0.4, 0.5) is 5.69 Å². The number of benzene rings is 1. The molecule has 0 aliphatic heterocycles. The zero-order valence-corrected chi connectivity index (χ0v) is 17.4. The summed E-state index contributed by atoms with van der Waals surface area (Å²) in [5, 5.41) is 6.42. The van der Waals surface area contributed by atoms with Crippen molar-refractivity contribution in [1.29, 1.82) is 0 Å². The van der Waals surface area contributed by atoms with E-state index in [1.807, 2.05) is 0 Å². The highest BCUT2D eigenvalue weighted by Gasteiger charge is 2.15. The van der Waals surface area contributed by atoms with Crippen molar-refractivity contribution in [2.45, 2.75) is 34.2 Å². The number of quaternary nitrogens is 1. The Morgan fingerprint density at radius 3 is 2.56 bits per heavy atom. The van der Waals surface area contributed by atoms with E-state index in [-0.39, 0.29) is 0 Å². The lowest BCUT2D eigenvalue weighted by Gasteiger charge is -2.27. The predicted molar refractivity (Wildman–Crippen MR) is 114 cm³/mol. The molecule has 3 nitrogen and oxygen atoms in total. The molecule has 2 N–H and O–H groups in total. The van der Waals surface area contributed by atoms with Crippen molar-refractivity contribution in [3.63, 3.8) is 0 Å². The Labute approximate surface area is 161 Å². The van der Waals surface area contributed by atoms with Gasteiger partial charge in [-0.15, -0.1) is 11.3 Å². The minimum absolute atomic E-state index is 0.814. The minimum Gasteiger partial charge on any atom is -0.338 e. The summed E-state index contributed by atoms with van der Waals surface area (Å²) in [5.74, 6) is 0. The van der Waals surface area contributed by atoms with Crippen molar-refractivity contribution >= 4 is 34.4 Å². The molecule has 0 saturated heterocycles. The van der Waals surface area contributed by atoms with Gasteiger partial charge in [-0.3, -0.25) is 0 Å². The van der Waals surface area contributed by atoms with Crippen LogP contribution in [0.25, 0.3) is 0 Å². The van der Waals surface area contributed by atoms with Crippen LogP contribution < -0.4 is 10.2 Å². The fourth-order valence-corrected chi connectivity index (χ4v) is 3.81. The summed E-state index contributed by atoms with van der Waals surface area (Å²) in [6.45, 7) is 14.0. The zero-order valence-electron chi connectivity index (χ0n) is 15.8. The predicted octanol–water partition coefficient (Wildman–Crippen LogP) is 3.49. The van der Waals surface area contributed by atoms with Crippen molar-refractivity contribution in [3.8, 4) is 0 Å². The van der Waals surface area contributed by atoms with Gasteiger partial charge in [0.25, 0.3) is 0 Å². The smallest absolute Gasteiger partial charge is 0.173 e. The van der Waals surface area contributed by atoms with Gasteiger partial charge in [0.15, 0.2) is 5.11 Å². The number of nitrogens with one attached hydrogen (secondary N) is 2. The van der Waals surface area contributed by atoms with Gasteiger partial charge in [-0.1, -0.05) is 18.2 Å². The molecule has 0 bridgehead atoms. The van der Waals surface area contributed by atoms with Gasteiger partial charge < -0.3 is 15.1 Å². The van der Waals surface area contributed by atoms with E-state index in [1.165, 1.54) is 16.0 Å². The zero-order chi connectivity index (χ0) is 18.2. The maximum absolute atomic E-state index is 5.77. The molecule has 5 heteroatoms. The summed E-state index contributed by atoms with van der Waals surface area (Å²) in [7, 11) is 0. The molecule has 136 valence electrons. The van der Waals surface area contributed by atoms with Gasteiger partial charge in [-0.2, -0.15) is 0 Å². The molecule has 2 rings (SSSR count). The normalized spacial score (nSPS) is 10.9. The lowest BCUT2D eigenvalue weighted by Crippen LogP contribution is -3.12. The van der Waals surface area contributed by atoms with E-state index in [1.54, 1.807) is 16.2 Å². The molecule has 0 fully saturated rings. The number of rotatable bonds is 8. The summed E-state index contributed by atoms with van der Waals surface area (Å²) < 4.78 is 0. The molecular formula is C20H30N3S2+. The third-order valence-electron chi connectivity index (χ3n) is 4.80. The second-order valence-electron chi connectivity index (χ2n) is 6.39. The standard InChI is InChI=1S/C20H29N3S2/c1-5-22(6-2)12-13-23(15-18-10-8-14-25-18)20(24)21-19-11-7-9-16(3)17(19)4/h7-11,14H,5-6,12-13,15H2,1-4H3,(H,21,24)/p+1. The van der Waals surface area contributed by atoms with E-state index < -0.39 is 0 Å². The Hall–Kier alpha value is -1.43. The van der Waals surface area contributed by atoms with Gasteiger partial charge in [-0.05, 0) is 68.6 Å². The average Bonchev–Trinajstić information content (AvgIpc) is 3.11. The van der Waals surface area contributed by atoms with Crippen molar-refractivity contribution in [3.05, 3.63) is 51.7 Å². The minimum atomic E-state index is 0.814. The number of hydrogen-bond acceptors (Lipinski definition) is 2. The molecule has 0 aliphatic rings. The van der Waals surface area contributed by atoms with Crippen LogP contribution in [0.5, 0.6) is 0 Å². The molecule has 1 aromatic heterocycles. The molecule has 0 amide bonds. The molecular weight excluding hydrogens is 346 g/mol. The fourth-order valence-electron chi connectivity index (χ4n) is 2.82. The SMILES string of the molecule is CC[NH+](CC)CCN(Cc1cccs1)C(=S)Nc1cccc(C)c1C. The van der Waals surface area contributed by atoms with E-state index in [0.717, 1.165) is 43.5 Å². The van der Waals surface area contributed by atoms with Gasteiger partial charge in [0.1, 0.15) is 0 Å². The van der Waals surface area contributed by atoms with Crippen molar-refractivity contribution in [2.75, 3.05) is 31.5 Å². The van der Waals surface area contributed by atoms with E-state index in [2.05, 4.69) is 73.6 Å². The third kappa shape index (κ3) is 5.80. The van der Waals surface area contributed by atoms with E-state index in [4.69, 9.17) is 12.2 Å². The average molecular weight is 377 g/mol. The first-order valence-electron chi connectivity index (χ1n) is 9.03. The molecule has 0 radical (unpaired) electrons. The van der Waals surface area contributed by atoms with Crippen LogP contribution in [0, 0.1) is 13.8 Å². The van der Waals surface area contributed by atoms with Gasteiger partial charge in [0.2, 0.25) is 0 Å². The van der Waals surface area contributed by atoms with Crippen LogP contribution in [0.1, 0.15) is 29.9 Å². The second-order valence-corrected chi connectivity index (χ2v) is 7.80. The number of nitrogens with zero attached hydrogens (tertiary/aromatic N) is 1. The number of thiophene rings is 1. The summed E-state index contributed by atoms with van der Waals surface area (Å²) in [6.07, 6.45) is 0. The quantitative estimate of drug-likeness (QED) is 0.688. The van der Waals surface area contributed by atoms with Crippen LogP contribution in [-0.4, -0.2) is 36.2 Å². The fraction of sp³-hybridized carbons (Fsp3) is 0.450. The molecule has 25 heavy (non-hydrogen) atoms. The molecule has 1 aromatic carbocycles. The second kappa shape index (κ2) is 9.90. The topological polar surface area (TPSA) is 19.7 Å². The Kier molecular flexibility index (Phi) is 7.88. The lowest BCUT2D eigenvalue weighted by atomic mass is 10.1. The van der Waals surface area contributed by atoms with Crippen LogP contribution in [-0.2, 0) is 6.54 Å². The monoisotopic (exact) mass is 376 g/mol. The van der Waals surface area contributed by atoms with Gasteiger partial charge in [0, 0.05) is 10.6 Å². The molecule has 0 unspecified atom stereocenters. The highest BCUT2D eigenvalue weighted by atomic mass is 32.1. The molecule has 1 heterocycles. The Balaban J connectivity index is 2.09. The number of hydrogen-bond donors (Lipinski definition) is 2. The van der Waals surface area contributed by atoms with Crippen LogP contribution in [0.3, 0.4) is 0 Å². The van der Waals surface area contributed by atoms with Gasteiger partial charge in [0.05, 0.1) is 32.7 Å². The summed E-state index contributed by atoms with van der Waals surface area (Å²) in [4.78, 5) is 5.25. The third-order valence-corrected chi connectivity index (χ3v) is 6.02. The number of anilines is 1. The van der Waals surface area contributed by atoms with Crippen molar-refractivity contribution in [1.82, 2.24) is 4.90 Å². The maximum Gasteiger partial charge on any atom is 0.173 e. The Morgan fingerprint density at radius 1 is 1.16 bits per heavy atom. The number of aryl methyl sites for hydroxylation is 1. The van der Waals surface area contributed by atoms with Crippen LogP contribution in [0.15, 0.2) is 35.7 Å². The first-order chi connectivity index (χ1) is 12.0. The van der Waals surface area contributed by atoms with Crippen molar-refractivity contribution in [2.24, 2.45) is 0 Å². The molecule has 0 saturated carbocycles. The largest absolute Gasteiger partial charge is 0.338 e. The maximum atomic E-state index is 5.77. The first-order valence-corrected chi connectivity index (χ1v) is 10.3. The molecule has 0 aliphatic carbocycles. The molecule has 2 aromatic rings. The summed E-state index contributed by atoms with van der Waals surface area (Å²) >= 11 is 7.56. The van der Waals surface area contributed by atoms with Crippen LogP contribution >= 0.6 is 23.6 Å². The highest BCUT2D eigenvalue weighted by molar-refractivity contribution is 7.80. The summed E-state index contributed by atoms with van der Waals surface area (Å²) in [6, 6.07) is 10.6. The van der Waals surface area contributed by atoms with Crippen LogP contribution in [0.2, 0.25) is 0 Å². The van der Waals surface area contributed by atoms with E-state index >= 15 is 0 Å². The number of thiocarbonyl (C=S) groups is 1. The van der Waals surface area contributed by atoms with Crippen molar-refractivity contribution < 1.29 is 4.90 Å². The van der Waals surface area contributed by atoms with Gasteiger partial charge in [-0.25, -0.2) is 0 Å². The highest BCUT2D eigenvalue weighted by Crippen LogP contribution is 2.19. The van der Waals surface area contributed by atoms with Gasteiger partial charge >= 0.3 is 0 Å². The van der Waals surface area contributed by atoms with E-state index in [9.17, 15) is 0 Å². The lowest BCUT2D eigenvalue weighted by molar-refractivity contribution is -0.895. The number of likely N-dealkylation sites (N-methyl/N-ethyl adjacent to an activating group) is 1. The molecule has 0 atom stereocenters. The van der Waals surface area contributed by atoms with E-state index in [0.29, 0.717) is 0 Å².